The van der Waals surface area contributed by atoms with E-state index in [1.807, 2.05) is 24.3 Å². The van der Waals surface area contributed by atoms with Crippen LogP contribution in [0, 0.1) is 5.82 Å². The number of aromatic nitrogens is 1. The topological polar surface area (TPSA) is 68.4 Å². The fraction of sp³-hybridized carbons (Fsp3) is 0.0833. The molecular weight excluding hydrogens is 385 g/mol. The Bertz CT molecular complexity index is 1190. The molecule has 0 fully saturated rings. The molecule has 0 spiro atoms. The maximum atomic E-state index is 13.7. The van der Waals surface area contributed by atoms with Crippen LogP contribution in [0.5, 0.6) is 5.75 Å². The molecule has 0 aliphatic carbocycles. The lowest BCUT2D eigenvalue weighted by Crippen LogP contribution is -2.23. The largest absolute Gasteiger partial charge is 0.479 e. The smallest absolute Gasteiger partial charge is 0.345 e. The van der Waals surface area contributed by atoms with E-state index < -0.39 is 24.5 Å². The number of fused-ring (bicyclic) bond motifs is 1. The molecule has 0 saturated heterocycles. The predicted molar refractivity (Wildman–Crippen MR) is 110 cm³/mol. The zero-order valence-electron chi connectivity index (χ0n) is 15.9. The summed E-state index contributed by atoms with van der Waals surface area (Å²) in [5, 5.41) is 0.738. The van der Waals surface area contributed by atoms with Crippen LogP contribution in [0.1, 0.15) is 22.0 Å². The lowest BCUT2D eigenvalue weighted by atomic mass is 9.99. The van der Waals surface area contributed by atoms with Crippen LogP contribution in [0.4, 0.5) is 4.39 Å². The molecule has 0 aliphatic heterocycles. The van der Waals surface area contributed by atoms with Gasteiger partial charge in [0.2, 0.25) is 5.78 Å². The standard InChI is InChI=1S/C24H18FNO4/c25-19-11-5-7-13-21(19)29-15-22(27)30-24(16-8-2-1-3-9-16)23(28)18-14-26-20-12-6-4-10-17(18)20/h1-14,24,26H,15H2/t24-/m1/s1. The molecular formula is C24H18FNO4. The van der Waals surface area contributed by atoms with Gasteiger partial charge in [-0.3, -0.25) is 4.79 Å². The zero-order chi connectivity index (χ0) is 20.9. The third kappa shape index (κ3) is 4.07. The normalized spacial score (nSPS) is 11.8. The zero-order valence-corrected chi connectivity index (χ0v) is 15.9. The number of hydrogen-bond acceptors (Lipinski definition) is 4. The molecule has 1 N–H and O–H groups in total. The highest BCUT2D eigenvalue weighted by molar-refractivity contribution is 6.10. The first kappa shape index (κ1) is 19.4. The molecule has 4 aromatic rings. The van der Waals surface area contributed by atoms with Crippen LogP contribution in [0.2, 0.25) is 0 Å². The van der Waals surface area contributed by atoms with Crippen LogP contribution in [0.3, 0.4) is 0 Å². The molecule has 4 rings (SSSR count). The molecule has 3 aromatic carbocycles. The number of para-hydroxylation sites is 2. The van der Waals surface area contributed by atoms with Gasteiger partial charge in [-0.15, -0.1) is 0 Å². The summed E-state index contributed by atoms with van der Waals surface area (Å²) in [5.41, 5.74) is 1.76. The van der Waals surface area contributed by atoms with Crippen molar-refractivity contribution in [3.63, 3.8) is 0 Å². The number of nitrogens with one attached hydrogen (secondary N) is 1. The maximum absolute atomic E-state index is 13.7. The molecule has 6 heteroatoms. The van der Waals surface area contributed by atoms with Gasteiger partial charge in [0.25, 0.3) is 0 Å². The SMILES string of the molecule is O=C(COc1ccccc1F)O[C@@H](C(=O)c1c[nH]c2ccccc12)c1ccccc1. The highest BCUT2D eigenvalue weighted by Gasteiger charge is 2.28. The van der Waals surface area contributed by atoms with Gasteiger partial charge in [-0.05, 0) is 18.2 Å². The van der Waals surface area contributed by atoms with Crippen LogP contribution < -0.4 is 4.74 Å². The summed E-state index contributed by atoms with van der Waals surface area (Å²) in [6, 6.07) is 21.9. The van der Waals surface area contributed by atoms with E-state index in [2.05, 4.69) is 4.98 Å². The summed E-state index contributed by atoms with van der Waals surface area (Å²) in [5.74, 6) is -1.79. The average Bonchev–Trinajstić information content (AvgIpc) is 3.21. The van der Waals surface area contributed by atoms with Gasteiger partial charge in [-0.2, -0.15) is 0 Å². The van der Waals surface area contributed by atoms with Crippen LogP contribution >= 0.6 is 0 Å². The van der Waals surface area contributed by atoms with Crippen LogP contribution in [-0.4, -0.2) is 23.3 Å². The second-order valence-electron chi connectivity index (χ2n) is 6.61. The Morgan fingerprint density at radius 3 is 2.40 bits per heavy atom. The highest BCUT2D eigenvalue weighted by Crippen LogP contribution is 2.27. The van der Waals surface area contributed by atoms with Crippen LogP contribution in [0.25, 0.3) is 10.9 Å². The summed E-state index contributed by atoms with van der Waals surface area (Å²) >= 11 is 0. The van der Waals surface area contributed by atoms with Gasteiger partial charge < -0.3 is 14.5 Å². The quantitative estimate of drug-likeness (QED) is 0.354. The van der Waals surface area contributed by atoms with Crippen molar-refractivity contribution in [2.45, 2.75) is 6.10 Å². The molecule has 0 saturated carbocycles. The number of Topliss-reactive ketones (excluding diaryl/α,β-unsaturated/α-hetero) is 1. The molecule has 0 amide bonds. The summed E-state index contributed by atoms with van der Waals surface area (Å²) in [7, 11) is 0. The van der Waals surface area contributed by atoms with E-state index in [1.54, 1.807) is 42.6 Å². The Kier molecular flexibility index (Phi) is 5.57. The fourth-order valence-electron chi connectivity index (χ4n) is 3.18. The molecule has 30 heavy (non-hydrogen) atoms. The van der Waals surface area contributed by atoms with Gasteiger partial charge in [-0.25, -0.2) is 9.18 Å². The fourth-order valence-corrected chi connectivity index (χ4v) is 3.18. The number of H-pyrrole nitrogens is 1. The Morgan fingerprint density at radius 2 is 1.60 bits per heavy atom. The van der Waals surface area contributed by atoms with Gasteiger partial charge in [0.15, 0.2) is 24.3 Å². The summed E-state index contributed by atoms with van der Waals surface area (Å²) in [4.78, 5) is 28.8. The van der Waals surface area contributed by atoms with Crippen molar-refractivity contribution in [1.82, 2.24) is 4.98 Å². The number of carbonyl (C=O) groups is 2. The maximum Gasteiger partial charge on any atom is 0.345 e. The molecule has 1 heterocycles. The lowest BCUT2D eigenvalue weighted by molar-refractivity contribution is -0.149. The molecule has 5 nitrogen and oxygen atoms in total. The Balaban J connectivity index is 1.57. The molecule has 0 aliphatic rings. The van der Waals surface area contributed by atoms with E-state index in [4.69, 9.17) is 9.47 Å². The van der Waals surface area contributed by atoms with Crippen molar-refractivity contribution >= 4 is 22.7 Å². The minimum atomic E-state index is -1.15. The van der Waals surface area contributed by atoms with Crippen LogP contribution in [-0.2, 0) is 9.53 Å². The number of benzene rings is 3. The monoisotopic (exact) mass is 403 g/mol. The van der Waals surface area contributed by atoms with Gasteiger partial charge in [0.05, 0.1) is 0 Å². The average molecular weight is 403 g/mol. The molecule has 0 unspecified atom stereocenters. The van der Waals surface area contributed by atoms with Crippen molar-refractivity contribution in [3.05, 3.63) is 102 Å². The van der Waals surface area contributed by atoms with Gasteiger partial charge in [0.1, 0.15) is 0 Å². The highest BCUT2D eigenvalue weighted by atomic mass is 19.1. The third-order valence-corrected chi connectivity index (χ3v) is 4.63. The van der Waals surface area contributed by atoms with Crippen molar-refractivity contribution in [3.8, 4) is 5.75 Å². The molecule has 0 bridgehead atoms. The minimum absolute atomic E-state index is 0.0614. The van der Waals surface area contributed by atoms with Crippen LogP contribution in [0.15, 0.2) is 85.1 Å². The molecule has 150 valence electrons. The number of carbonyl (C=O) groups excluding carboxylic acids is 2. The summed E-state index contributed by atoms with van der Waals surface area (Å²) in [6.07, 6.45) is 0.453. The van der Waals surface area contributed by atoms with E-state index in [1.165, 1.54) is 18.2 Å². The van der Waals surface area contributed by atoms with Gasteiger partial charge in [-0.1, -0.05) is 60.7 Å². The van der Waals surface area contributed by atoms with E-state index >= 15 is 0 Å². The number of esters is 1. The number of rotatable bonds is 7. The van der Waals surface area contributed by atoms with E-state index in [9.17, 15) is 14.0 Å². The first-order valence-electron chi connectivity index (χ1n) is 9.35. The van der Waals surface area contributed by atoms with Crippen molar-refractivity contribution in [1.29, 1.82) is 0 Å². The lowest BCUT2D eigenvalue weighted by Gasteiger charge is -2.17. The van der Waals surface area contributed by atoms with Crippen molar-refractivity contribution < 1.29 is 23.5 Å². The number of aromatic amines is 1. The number of halogens is 1. The molecule has 1 aromatic heterocycles. The second kappa shape index (κ2) is 8.61. The third-order valence-electron chi connectivity index (χ3n) is 4.63. The number of hydrogen-bond donors (Lipinski definition) is 1. The number of ketones is 1. The predicted octanol–water partition coefficient (Wildman–Crippen LogP) is 4.85. The van der Waals surface area contributed by atoms with Gasteiger partial charge in [0, 0.05) is 28.2 Å². The minimum Gasteiger partial charge on any atom is -0.479 e. The Hall–Kier alpha value is -3.93. The second-order valence-corrected chi connectivity index (χ2v) is 6.61. The Labute approximate surface area is 172 Å². The molecule has 0 radical (unpaired) electrons. The van der Waals surface area contributed by atoms with E-state index in [0.717, 1.165) is 10.9 Å². The summed E-state index contributed by atoms with van der Waals surface area (Å²) < 4.78 is 24.4. The van der Waals surface area contributed by atoms with E-state index in [0.29, 0.717) is 11.1 Å². The van der Waals surface area contributed by atoms with Crippen molar-refractivity contribution in [2.75, 3.05) is 6.61 Å². The first-order valence-corrected chi connectivity index (χ1v) is 9.35. The number of ether oxygens (including phenoxy) is 2. The van der Waals surface area contributed by atoms with Gasteiger partial charge >= 0.3 is 5.97 Å². The van der Waals surface area contributed by atoms with E-state index in [-0.39, 0.29) is 11.5 Å². The summed E-state index contributed by atoms with van der Waals surface area (Å²) in [6.45, 7) is -0.522. The first-order chi connectivity index (χ1) is 14.6. The molecule has 1 atom stereocenters. The van der Waals surface area contributed by atoms with Crippen molar-refractivity contribution in [2.24, 2.45) is 0 Å². The Morgan fingerprint density at radius 1 is 0.900 bits per heavy atom.